The van der Waals surface area contributed by atoms with E-state index in [1.807, 2.05) is 18.2 Å². The first-order chi connectivity index (χ1) is 11.2. The van der Waals surface area contributed by atoms with Crippen molar-refractivity contribution < 1.29 is 19.4 Å². The van der Waals surface area contributed by atoms with Gasteiger partial charge in [0.05, 0.1) is 25.7 Å². The fourth-order valence-electron chi connectivity index (χ4n) is 3.54. The van der Waals surface area contributed by atoms with Crippen molar-refractivity contribution in [2.45, 2.75) is 44.1 Å². The lowest BCUT2D eigenvalue weighted by molar-refractivity contribution is -0.128. The summed E-state index contributed by atoms with van der Waals surface area (Å²) < 4.78 is 11.6. The monoisotopic (exact) mass is 319 g/mol. The van der Waals surface area contributed by atoms with Gasteiger partial charge in [-0.1, -0.05) is 6.07 Å². The van der Waals surface area contributed by atoms with E-state index in [9.17, 15) is 9.90 Å². The maximum atomic E-state index is 11.7. The Labute approximate surface area is 137 Å². The van der Waals surface area contributed by atoms with E-state index < -0.39 is 0 Å². The largest absolute Gasteiger partial charge is 0.493 e. The van der Waals surface area contributed by atoms with Crippen molar-refractivity contribution in [3.05, 3.63) is 23.8 Å². The van der Waals surface area contributed by atoms with Crippen molar-refractivity contribution in [2.75, 3.05) is 20.3 Å². The third-order valence-electron chi connectivity index (χ3n) is 4.94. The normalized spacial score (nSPS) is 25.2. The molecule has 1 amide bonds. The van der Waals surface area contributed by atoms with Gasteiger partial charge in [-0.25, -0.2) is 0 Å². The number of hydrogen-bond donors (Lipinski definition) is 2. The summed E-state index contributed by atoms with van der Waals surface area (Å²) in [5, 5.41) is 12.2. The average Bonchev–Trinajstić information content (AvgIpc) is 3.08. The fraction of sp³-hybridized carbons (Fsp3) is 0.611. The summed E-state index contributed by atoms with van der Waals surface area (Å²) in [4.78, 5) is 11.7. The minimum atomic E-state index is -0.324. The van der Waals surface area contributed by atoms with Crippen molar-refractivity contribution in [1.29, 1.82) is 0 Å². The predicted molar refractivity (Wildman–Crippen MR) is 86.8 cm³/mol. The number of aliphatic hydroxyl groups is 1. The first-order valence-corrected chi connectivity index (χ1v) is 8.44. The van der Waals surface area contributed by atoms with Gasteiger partial charge in [0.1, 0.15) is 0 Å². The minimum Gasteiger partial charge on any atom is -0.493 e. The van der Waals surface area contributed by atoms with Gasteiger partial charge in [0.25, 0.3) is 0 Å². The Kier molecular flexibility index (Phi) is 5.06. The van der Waals surface area contributed by atoms with Crippen LogP contribution in [0.3, 0.4) is 0 Å². The van der Waals surface area contributed by atoms with E-state index in [1.165, 1.54) is 12.8 Å². The van der Waals surface area contributed by atoms with Crippen molar-refractivity contribution >= 4 is 5.91 Å². The molecule has 0 spiro atoms. The lowest BCUT2D eigenvalue weighted by Gasteiger charge is -2.29. The summed E-state index contributed by atoms with van der Waals surface area (Å²) in [5.41, 5.74) is 1.12. The van der Waals surface area contributed by atoms with Gasteiger partial charge in [0, 0.05) is 12.5 Å². The molecule has 1 saturated carbocycles. The number of methoxy groups -OCH3 is 1. The summed E-state index contributed by atoms with van der Waals surface area (Å²) in [7, 11) is 1.65. The Balaban J connectivity index is 1.78. The number of amides is 1. The number of benzene rings is 1. The third-order valence-corrected chi connectivity index (χ3v) is 4.94. The molecule has 3 rings (SSSR count). The highest BCUT2D eigenvalue weighted by Gasteiger charge is 2.29. The Bertz CT molecular complexity index is 554. The van der Waals surface area contributed by atoms with E-state index in [0.29, 0.717) is 13.0 Å². The second kappa shape index (κ2) is 7.21. The zero-order chi connectivity index (χ0) is 16.2. The number of nitrogens with one attached hydrogen (secondary N) is 1. The molecule has 5 heteroatoms. The van der Waals surface area contributed by atoms with Gasteiger partial charge in [0.15, 0.2) is 11.5 Å². The first-order valence-electron chi connectivity index (χ1n) is 8.44. The van der Waals surface area contributed by atoms with Crippen molar-refractivity contribution in [2.24, 2.45) is 5.92 Å². The van der Waals surface area contributed by atoms with E-state index in [-0.39, 0.29) is 30.5 Å². The summed E-state index contributed by atoms with van der Waals surface area (Å²) in [6.07, 6.45) is 5.57. The second-order valence-electron chi connectivity index (χ2n) is 6.49. The Morgan fingerprint density at radius 1 is 1.26 bits per heavy atom. The van der Waals surface area contributed by atoms with Crippen LogP contribution in [-0.4, -0.2) is 37.4 Å². The fourth-order valence-corrected chi connectivity index (χ4v) is 3.54. The van der Waals surface area contributed by atoms with Gasteiger partial charge in [-0.15, -0.1) is 0 Å². The number of aliphatic hydroxyl groups excluding tert-OH is 1. The minimum absolute atomic E-state index is 0.0558. The zero-order valence-electron chi connectivity index (χ0n) is 13.6. The molecular formula is C18H25NO4. The van der Waals surface area contributed by atoms with Crippen LogP contribution >= 0.6 is 0 Å². The molecule has 1 aliphatic heterocycles. The topological polar surface area (TPSA) is 67.8 Å². The molecule has 2 N–H and O–H groups in total. The summed E-state index contributed by atoms with van der Waals surface area (Å²) in [6.45, 7) is 0.494. The van der Waals surface area contributed by atoms with Gasteiger partial charge in [-0.05, 0) is 49.8 Å². The molecule has 1 saturated heterocycles. The second-order valence-corrected chi connectivity index (χ2v) is 6.49. The van der Waals surface area contributed by atoms with Crippen LogP contribution < -0.4 is 14.8 Å². The number of ether oxygens (including phenoxy) is 2. The molecular weight excluding hydrogens is 294 g/mol. The van der Waals surface area contributed by atoms with Crippen LogP contribution in [0.1, 0.15) is 43.6 Å². The van der Waals surface area contributed by atoms with Crippen molar-refractivity contribution in [1.82, 2.24) is 5.32 Å². The standard InChI is InChI=1S/C18H25NO4/c1-22-16-7-6-12(9-17(16)23-15-4-2-3-5-15)13-8-14(11-20)18(21)19-10-13/h6-7,9,13-15,20H,2-5,8,10-11H2,1H3,(H,19,21)/t13-,14?/m1/s1. The van der Waals surface area contributed by atoms with E-state index in [4.69, 9.17) is 9.47 Å². The SMILES string of the molecule is COc1ccc([C@H]2CNC(=O)C(CO)C2)cc1OC1CCCC1. The van der Waals surface area contributed by atoms with Gasteiger partial charge >= 0.3 is 0 Å². The van der Waals surface area contributed by atoms with E-state index in [1.54, 1.807) is 7.11 Å². The van der Waals surface area contributed by atoms with E-state index >= 15 is 0 Å². The van der Waals surface area contributed by atoms with Crippen molar-refractivity contribution in [3.8, 4) is 11.5 Å². The van der Waals surface area contributed by atoms with Crippen LogP contribution in [0.2, 0.25) is 0 Å². The zero-order valence-corrected chi connectivity index (χ0v) is 13.6. The average molecular weight is 319 g/mol. The maximum absolute atomic E-state index is 11.7. The third kappa shape index (κ3) is 3.61. The van der Waals surface area contributed by atoms with E-state index in [2.05, 4.69) is 5.32 Å². The number of hydrogen-bond acceptors (Lipinski definition) is 4. The molecule has 2 aliphatic rings. The van der Waals surface area contributed by atoms with Crippen LogP contribution in [0.25, 0.3) is 0 Å². The molecule has 0 aromatic heterocycles. The molecule has 1 heterocycles. The van der Waals surface area contributed by atoms with Crippen LogP contribution in [0.5, 0.6) is 11.5 Å². The highest BCUT2D eigenvalue weighted by molar-refractivity contribution is 5.79. The predicted octanol–water partition coefficient (Wildman–Crippen LogP) is 2.23. The molecule has 1 unspecified atom stereocenters. The van der Waals surface area contributed by atoms with Crippen LogP contribution in [-0.2, 0) is 4.79 Å². The molecule has 5 nitrogen and oxygen atoms in total. The molecule has 1 aromatic rings. The highest BCUT2D eigenvalue weighted by atomic mass is 16.5. The molecule has 2 atom stereocenters. The number of rotatable bonds is 5. The molecule has 2 fully saturated rings. The highest BCUT2D eigenvalue weighted by Crippen LogP contribution is 2.36. The van der Waals surface area contributed by atoms with Gasteiger partial charge in [-0.2, -0.15) is 0 Å². The number of carbonyl (C=O) groups is 1. The number of piperidine rings is 1. The van der Waals surface area contributed by atoms with Gasteiger partial charge in [-0.3, -0.25) is 4.79 Å². The summed E-state index contributed by atoms with van der Waals surface area (Å²) in [5.74, 6) is 1.35. The molecule has 0 radical (unpaired) electrons. The summed E-state index contributed by atoms with van der Waals surface area (Å²) >= 11 is 0. The van der Waals surface area contributed by atoms with Gasteiger partial charge in [0.2, 0.25) is 5.91 Å². The van der Waals surface area contributed by atoms with Crippen LogP contribution in [0, 0.1) is 5.92 Å². The Morgan fingerprint density at radius 2 is 2.04 bits per heavy atom. The molecule has 126 valence electrons. The summed E-state index contributed by atoms with van der Waals surface area (Å²) in [6, 6.07) is 5.99. The Morgan fingerprint density at radius 3 is 2.74 bits per heavy atom. The molecule has 1 aliphatic carbocycles. The molecule has 1 aromatic carbocycles. The quantitative estimate of drug-likeness (QED) is 0.873. The lowest BCUT2D eigenvalue weighted by Crippen LogP contribution is -2.42. The van der Waals surface area contributed by atoms with E-state index in [0.717, 1.165) is 29.9 Å². The number of carbonyl (C=O) groups excluding carboxylic acids is 1. The van der Waals surface area contributed by atoms with Gasteiger partial charge < -0.3 is 19.9 Å². The molecule has 23 heavy (non-hydrogen) atoms. The molecule has 0 bridgehead atoms. The Hall–Kier alpha value is -1.75. The van der Waals surface area contributed by atoms with Crippen molar-refractivity contribution in [3.63, 3.8) is 0 Å². The lowest BCUT2D eigenvalue weighted by atomic mass is 9.85. The van der Waals surface area contributed by atoms with Crippen LogP contribution in [0.4, 0.5) is 0 Å². The maximum Gasteiger partial charge on any atom is 0.225 e. The smallest absolute Gasteiger partial charge is 0.225 e. The first kappa shape index (κ1) is 16.1. The van der Waals surface area contributed by atoms with Crippen LogP contribution in [0.15, 0.2) is 18.2 Å².